The topological polar surface area (TPSA) is 48.2 Å². The number of para-hydroxylation sites is 1. The summed E-state index contributed by atoms with van der Waals surface area (Å²) in [6, 6.07) is 16.6. The normalized spacial score (nSPS) is 10.2. The maximum atomic E-state index is 8.67. The van der Waals surface area contributed by atoms with Gasteiger partial charge in [-0.3, -0.25) is 5.43 Å². The summed E-state index contributed by atoms with van der Waals surface area (Å²) in [5, 5.41) is 13.4. The van der Waals surface area contributed by atoms with Crippen molar-refractivity contribution in [1.82, 2.24) is 0 Å². The number of hydrogen-bond acceptors (Lipinski definition) is 3. The molecule has 0 radical (unpaired) electrons. The molecule has 0 aliphatic rings. The van der Waals surface area contributed by atoms with E-state index in [1.165, 1.54) is 0 Å². The maximum Gasteiger partial charge on any atom is 0.0991 e. The summed E-state index contributed by atoms with van der Waals surface area (Å²) in [6.07, 6.45) is 1.67. The number of halogens is 1. The van der Waals surface area contributed by atoms with Gasteiger partial charge in [-0.1, -0.05) is 35.9 Å². The van der Waals surface area contributed by atoms with Gasteiger partial charge in [0.15, 0.2) is 0 Å². The molecular weight excluding hydrogens is 246 g/mol. The van der Waals surface area contributed by atoms with Crippen molar-refractivity contribution in [3.05, 3.63) is 64.7 Å². The third-order valence-electron chi connectivity index (χ3n) is 2.31. The molecule has 2 rings (SSSR count). The molecule has 0 unspecified atom stereocenters. The van der Waals surface area contributed by atoms with Crippen LogP contribution < -0.4 is 5.43 Å². The SMILES string of the molecule is N#Cc1ccc(/C=N\Nc2ccccc2Cl)cc1. The second kappa shape index (κ2) is 5.85. The van der Waals surface area contributed by atoms with Crippen molar-refractivity contribution < 1.29 is 0 Å². The van der Waals surface area contributed by atoms with Crippen LogP contribution in [-0.4, -0.2) is 6.21 Å². The van der Waals surface area contributed by atoms with Gasteiger partial charge in [0, 0.05) is 0 Å². The fraction of sp³-hybridized carbons (Fsp3) is 0. The van der Waals surface area contributed by atoms with Crippen LogP contribution in [0.25, 0.3) is 0 Å². The van der Waals surface area contributed by atoms with Gasteiger partial charge in [-0.05, 0) is 29.8 Å². The van der Waals surface area contributed by atoms with Crippen molar-refractivity contribution >= 4 is 23.5 Å². The van der Waals surface area contributed by atoms with Crippen molar-refractivity contribution in [2.75, 3.05) is 5.43 Å². The molecule has 3 nitrogen and oxygen atoms in total. The second-order valence-corrected chi connectivity index (χ2v) is 3.99. The Bertz CT molecular complexity index is 597. The molecule has 0 aliphatic carbocycles. The Labute approximate surface area is 110 Å². The van der Waals surface area contributed by atoms with Crippen molar-refractivity contribution in [1.29, 1.82) is 5.26 Å². The van der Waals surface area contributed by atoms with E-state index in [9.17, 15) is 0 Å². The first-order valence-corrected chi connectivity index (χ1v) is 5.71. The van der Waals surface area contributed by atoms with Crippen LogP contribution in [0.5, 0.6) is 0 Å². The van der Waals surface area contributed by atoms with E-state index in [4.69, 9.17) is 16.9 Å². The minimum atomic E-state index is 0.620. The summed E-state index contributed by atoms with van der Waals surface area (Å²) < 4.78 is 0. The van der Waals surface area contributed by atoms with Crippen LogP contribution in [0.4, 0.5) is 5.69 Å². The number of anilines is 1. The zero-order chi connectivity index (χ0) is 12.8. The van der Waals surface area contributed by atoms with Crippen molar-refractivity contribution in [3.63, 3.8) is 0 Å². The molecule has 0 fully saturated rings. The van der Waals surface area contributed by atoms with Crippen molar-refractivity contribution in [3.8, 4) is 6.07 Å². The van der Waals surface area contributed by atoms with Crippen LogP contribution in [0.1, 0.15) is 11.1 Å². The standard InChI is InChI=1S/C14H10ClN3/c15-13-3-1-2-4-14(13)18-17-10-12-7-5-11(9-16)6-8-12/h1-8,10,18H/b17-10-. The predicted molar refractivity (Wildman–Crippen MR) is 73.8 cm³/mol. The van der Waals surface area contributed by atoms with Gasteiger partial charge < -0.3 is 0 Å². The molecule has 4 heteroatoms. The van der Waals surface area contributed by atoms with Gasteiger partial charge in [0.1, 0.15) is 0 Å². The fourth-order valence-electron chi connectivity index (χ4n) is 1.37. The number of nitrogens with zero attached hydrogens (tertiary/aromatic N) is 2. The second-order valence-electron chi connectivity index (χ2n) is 3.58. The third-order valence-corrected chi connectivity index (χ3v) is 2.64. The Balaban J connectivity index is 2.03. The number of hydrazone groups is 1. The van der Waals surface area contributed by atoms with E-state index in [1.54, 1.807) is 24.4 Å². The van der Waals surface area contributed by atoms with Crippen LogP contribution in [0.15, 0.2) is 53.6 Å². The highest BCUT2D eigenvalue weighted by molar-refractivity contribution is 6.33. The molecule has 0 saturated carbocycles. The summed E-state index contributed by atoms with van der Waals surface area (Å²) in [5.41, 5.74) is 5.16. The number of nitriles is 1. The third kappa shape index (κ3) is 3.09. The fourth-order valence-corrected chi connectivity index (χ4v) is 1.55. The lowest BCUT2D eigenvalue weighted by Gasteiger charge is -2.01. The van der Waals surface area contributed by atoms with Crippen LogP contribution in [-0.2, 0) is 0 Å². The molecule has 0 saturated heterocycles. The summed E-state index contributed by atoms with van der Waals surface area (Å²) in [5.74, 6) is 0. The van der Waals surface area contributed by atoms with Crippen LogP contribution in [0, 0.1) is 11.3 Å². The molecule has 18 heavy (non-hydrogen) atoms. The van der Waals surface area contributed by atoms with Gasteiger partial charge in [-0.15, -0.1) is 0 Å². The van der Waals surface area contributed by atoms with Gasteiger partial charge >= 0.3 is 0 Å². The Morgan fingerprint density at radius 3 is 2.50 bits per heavy atom. The zero-order valence-corrected chi connectivity index (χ0v) is 10.2. The van der Waals surface area contributed by atoms with Gasteiger partial charge in [0.25, 0.3) is 0 Å². The Kier molecular flexibility index (Phi) is 3.95. The monoisotopic (exact) mass is 255 g/mol. The number of benzene rings is 2. The quantitative estimate of drug-likeness (QED) is 0.672. The van der Waals surface area contributed by atoms with E-state index in [-0.39, 0.29) is 0 Å². The lowest BCUT2D eigenvalue weighted by Crippen LogP contribution is -1.91. The molecule has 0 bridgehead atoms. The molecule has 1 N–H and O–H groups in total. The highest BCUT2D eigenvalue weighted by atomic mass is 35.5. The van der Waals surface area contributed by atoms with E-state index in [0.717, 1.165) is 11.3 Å². The molecule has 88 valence electrons. The highest BCUT2D eigenvalue weighted by Crippen LogP contribution is 2.20. The molecular formula is C14H10ClN3. The molecule has 0 aliphatic heterocycles. The van der Waals surface area contributed by atoms with E-state index in [1.807, 2.05) is 30.3 Å². The van der Waals surface area contributed by atoms with E-state index in [2.05, 4.69) is 16.6 Å². The molecule has 0 heterocycles. The average molecular weight is 256 g/mol. The van der Waals surface area contributed by atoms with E-state index >= 15 is 0 Å². The molecule has 0 aromatic heterocycles. The van der Waals surface area contributed by atoms with Crippen molar-refractivity contribution in [2.24, 2.45) is 5.10 Å². The largest absolute Gasteiger partial charge is 0.277 e. The summed E-state index contributed by atoms with van der Waals surface area (Å²) in [6.45, 7) is 0. The predicted octanol–water partition coefficient (Wildman–Crippen LogP) is 3.66. The Morgan fingerprint density at radius 1 is 1.11 bits per heavy atom. The zero-order valence-electron chi connectivity index (χ0n) is 9.47. The summed E-state index contributed by atoms with van der Waals surface area (Å²) in [7, 11) is 0. The molecule has 0 atom stereocenters. The molecule has 0 spiro atoms. The molecule has 2 aromatic rings. The minimum absolute atomic E-state index is 0.620. The van der Waals surface area contributed by atoms with Gasteiger partial charge in [-0.25, -0.2) is 0 Å². The first-order chi connectivity index (χ1) is 8.79. The summed E-state index contributed by atoms with van der Waals surface area (Å²) >= 11 is 5.97. The Hall–Kier alpha value is -2.31. The van der Waals surface area contributed by atoms with Gasteiger partial charge in [-0.2, -0.15) is 10.4 Å². The van der Waals surface area contributed by atoms with Crippen LogP contribution >= 0.6 is 11.6 Å². The molecule has 2 aromatic carbocycles. The van der Waals surface area contributed by atoms with E-state index < -0.39 is 0 Å². The summed E-state index contributed by atoms with van der Waals surface area (Å²) in [4.78, 5) is 0. The van der Waals surface area contributed by atoms with Gasteiger partial charge in [0.2, 0.25) is 0 Å². The number of rotatable bonds is 3. The van der Waals surface area contributed by atoms with E-state index in [0.29, 0.717) is 10.6 Å². The van der Waals surface area contributed by atoms with Crippen molar-refractivity contribution in [2.45, 2.75) is 0 Å². The average Bonchev–Trinajstić information content (AvgIpc) is 2.42. The van der Waals surface area contributed by atoms with Gasteiger partial charge in [0.05, 0.1) is 28.6 Å². The van der Waals surface area contributed by atoms with Crippen LogP contribution in [0.3, 0.4) is 0 Å². The lowest BCUT2D eigenvalue weighted by molar-refractivity contribution is 1.35. The number of nitrogens with one attached hydrogen (secondary N) is 1. The smallest absolute Gasteiger partial charge is 0.0991 e. The first kappa shape index (κ1) is 12.2. The number of hydrogen-bond donors (Lipinski definition) is 1. The van der Waals surface area contributed by atoms with Crippen LogP contribution in [0.2, 0.25) is 5.02 Å². The first-order valence-electron chi connectivity index (χ1n) is 5.33. The Morgan fingerprint density at radius 2 is 1.83 bits per heavy atom. The lowest BCUT2D eigenvalue weighted by atomic mass is 10.2. The minimum Gasteiger partial charge on any atom is -0.277 e. The highest BCUT2D eigenvalue weighted by Gasteiger charge is 1.95. The maximum absolute atomic E-state index is 8.67. The molecule has 0 amide bonds.